The molecule has 1 atom stereocenters. The number of hydrogen-bond acceptors (Lipinski definition) is 3. The van der Waals surface area contributed by atoms with E-state index in [4.69, 9.17) is 0 Å². The zero-order valence-corrected chi connectivity index (χ0v) is 16.2. The van der Waals surface area contributed by atoms with E-state index in [9.17, 15) is 4.79 Å². The lowest BCUT2D eigenvalue weighted by molar-refractivity contribution is 0.0951. The van der Waals surface area contributed by atoms with E-state index >= 15 is 0 Å². The second kappa shape index (κ2) is 10.3. The Kier molecular flexibility index (Phi) is 8.13. The van der Waals surface area contributed by atoms with E-state index in [1.807, 2.05) is 29.2 Å². The van der Waals surface area contributed by atoms with E-state index < -0.39 is 0 Å². The molecule has 1 amide bonds. The predicted octanol–water partition coefficient (Wildman–Crippen LogP) is 3.19. The molecular formula is C20H29ClN4O. The van der Waals surface area contributed by atoms with Gasteiger partial charge in [-0.05, 0) is 62.4 Å². The summed E-state index contributed by atoms with van der Waals surface area (Å²) >= 11 is 0. The summed E-state index contributed by atoms with van der Waals surface area (Å²) < 4.78 is 1.91. The first-order valence-corrected chi connectivity index (χ1v) is 9.34. The van der Waals surface area contributed by atoms with Gasteiger partial charge in [0.05, 0.1) is 6.20 Å². The van der Waals surface area contributed by atoms with Crippen LogP contribution < -0.4 is 10.6 Å². The van der Waals surface area contributed by atoms with Crippen LogP contribution in [0.3, 0.4) is 0 Å². The Hall–Kier alpha value is -1.85. The number of nitrogens with zero attached hydrogens (tertiary/aromatic N) is 2. The van der Waals surface area contributed by atoms with Gasteiger partial charge in [-0.2, -0.15) is 5.10 Å². The summed E-state index contributed by atoms with van der Waals surface area (Å²) in [5.41, 5.74) is 3.06. The van der Waals surface area contributed by atoms with E-state index in [1.54, 1.807) is 0 Å². The summed E-state index contributed by atoms with van der Waals surface area (Å²) in [5, 5.41) is 10.7. The lowest BCUT2D eigenvalue weighted by Crippen LogP contribution is -2.30. The number of aryl methyl sites for hydroxylation is 1. The van der Waals surface area contributed by atoms with Gasteiger partial charge in [-0.25, -0.2) is 0 Å². The highest BCUT2D eigenvalue weighted by Crippen LogP contribution is 2.17. The number of aromatic nitrogens is 2. The van der Waals surface area contributed by atoms with E-state index in [2.05, 4.69) is 34.8 Å². The van der Waals surface area contributed by atoms with Crippen molar-refractivity contribution in [3.8, 4) is 0 Å². The number of halogens is 1. The van der Waals surface area contributed by atoms with Gasteiger partial charge < -0.3 is 10.6 Å². The minimum atomic E-state index is -0.0332. The van der Waals surface area contributed by atoms with Crippen LogP contribution in [0.1, 0.15) is 47.7 Å². The molecule has 1 aromatic heterocycles. The third-order valence-electron chi connectivity index (χ3n) is 4.73. The fraction of sp³-hybridized carbons (Fsp3) is 0.500. The highest BCUT2D eigenvalue weighted by molar-refractivity contribution is 5.94. The van der Waals surface area contributed by atoms with Crippen molar-refractivity contribution in [2.45, 2.75) is 45.7 Å². The molecular weight excluding hydrogens is 348 g/mol. The van der Waals surface area contributed by atoms with Crippen molar-refractivity contribution in [1.82, 2.24) is 20.4 Å². The molecule has 142 valence electrons. The molecule has 2 aromatic rings. The zero-order chi connectivity index (χ0) is 17.5. The van der Waals surface area contributed by atoms with Crippen LogP contribution in [-0.4, -0.2) is 28.8 Å². The van der Waals surface area contributed by atoms with Gasteiger partial charge in [0.1, 0.15) is 0 Å². The summed E-state index contributed by atoms with van der Waals surface area (Å²) in [5.74, 6) is 0.683. The molecule has 6 heteroatoms. The third kappa shape index (κ3) is 5.85. The summed E-state index contributed by atoms with van der Waals surface area (Å²) in [6.07, 6.45) is 8.51. The average molecular weight is 377 g/mol. The van der Waals surface area contributed by atoms with Gasteiger partial charge in [0, 0.05) is 30.4 Å². The number of carbonyl (C=O) groups is 1. The predicted molar refractivity (Wildman–Crippen MR) is 107 cm³/mol. The molecule has 5 nitrogen and oxygen atoms in total. The lowest BCUT2D eigenvalue weighted by atomic mass is 9.92. The highest BCUT2D eigenvalue weighted by atomic mass is 35.5. The van der Waals surface area contributed by atoms with E-state index in [1.165, 1.54) is 18.4 Å². The molecule has 1 aliphatic heterocycles. The smallest absolute Gasteiger partial charge is 0.251 e. The first kappa shape index (κ1) is 20.5. The maximum atomic E-state index is 12.3. The van der Waals surface area contributed by atoms with Crippen LogP contribution in [0.2, 0.25) is 0 Å². The molecule has 1 saturated heterocycles. The maximum absolute atomic E-state index is 12.3. The SMILES string of the molecule is CCCn1cc(CNC(=O)c2ccc(CC3CCCNC3)cc2)cn1.Cl. The Morgan fingerprint density at radius 1 is 1.31 bits per heavy atom. The monoisotopic (exact) mass is 376 g/mol. The Morgan fingerprint density at radius 2 is 2.12 bits per heavy atom. The van der Waals surface area contributed by atoms with Crippen molar-refractivity contribution in [3.63, 3.8) is 0 Å². The number of piperidine rings is 1. The molecule has 0 bridgehead atoms. The quantitative estimate of drug-likeness (QED) is 0.780. The van der Waals surface area contributed by atoms with Gasteiger partial charge >= 0.3 is 0 Å². The van der Waals surface area contributed by atoms with E-state index in [0.717, 1.165) is 38.0 Å². The molecule has 0 radical (unpaired) electrons. The average Bonchev–Trinajstić information content (AvgIpc) is 3.09. The Labute approximate surface area is 162 Å². The number of carbonyl (C=O) groups excluding carboxylic acids is 1. The third-order valence-corrected chi connectivity index (χ3v) is 4.73. The highest BCUT2D eigenvalue weighted by Gasteiger charge is 2.14. The number of nitrogens with one attached hydrogen (secondary N) is 2. The topological polar surface area (TPSA) is 59.0 Å². The largest absolute Gasteiger partial charge is 0.348 e. The van der Waals surface area contributed by atoms with Crippen molar-refractivity contribution in [1.29, 1.82) is 0 Å². The van der Waals surface area contributed by atoms with Crippen molar-refractivity contribution in [2.75, 3.05) is 13.1 Å². The first-order chi connectivity index (χ1) is 12.2. The Balaban J connectivity index is 0.00000243. The van der Waals surface area contributed by atoms with Crippen LogP contribution in [0.4, 0.5) is 0 Å². The van der Waals surface area contributed by atoms with E-state index in [-0.39, 0.29) is 18.3 Å². The maximum Gasteiger partial charge on any atom is 0.251 e. The molecule has 0 aliphatic carbocycles. The molecule has 3 rings (SSSR count). The molecule has 0 spiro atoms. The molecule has 2 N–H and O–H groups in total. The first-order valence-electron chi connectivity index (χ1n) is 9.34. The van der Waals surface area contributed by atoms with Crippen LogP contribution in [0.15, 0.2) is 36.7 Å². The molecule has 1 aliphatic rings. The van der Waals surface area contributed by atoms with Gasteiger partial charge in [0.2, 0.25) is 0 Å². The molecule has 26 heavy (non-hydrogen) atoms. The second-order valence-electron chi connectivity index (χ2n) is 6.91. The minimum Gasteiger partial charge on any atom is -0.348 e. The lowest BCUT2D eigenvalue weighted by Gasteiger charge is -2.22. The fourth-order valence-electron chi connectivity index (χ4n) is 3.36. The molecule has 0 saturated carbocycles. The van der Waals surface area contributed by atoms with Crippen LogP contribution in [0, 0.1) is 5.92 Å². The van der Waals surface area contributed by atoms with Crippen LogP contribution in [-0.2, 0) is 19.5 Å². The van der Waals surface area contributed by atoms with Crippen molar-refractivity contribution in [3.05, 3.63) is 53.3 Å². The van der Waals surface area contributed by atoms with E-state index in [0.29, 0.717) is 18.0 Å². The molecule has 2 heterocycles. The van der Waals surface area contributed by atoms with Gasteiger partial charge in [0.25, 0.3) is 5.91 Å². The van der Waals surface area contributed by atoms with Crippen LogP contribution in [0.5, 0.6) is 0 Å². The Morgan fingerprint density at radius 3 is 2.81 bits per heavy atom. The minimum absolute atomic E-state index is 0. The number of hydrogen-bond donors (Lipinski definition) is 2. The van der Waals surface area contributed by atoms with Crippen molar-refractivity contribution in [2.24, 2.45) is 5.92 Å². The summed E-state index contributed by atoms with van der Waals surface area (Å²) in [6.45, 7) is 5.79. The molecule has 1 fully saturated rings. The second-order valence-corrected chi connectivity index (χ2v) is 6.91. The van der Waals surface area contributed by atoms with Crippen LogP contribution >= 0.6 is 12.4 Å². The molecule has 1 aromatic carbocycles. The normalized spacial score (nSPS) is 16.7. The van der Waals surface area contributed by atoms with Gasteiger partial charge in [-0.3, -0.25) is 9.48 Å². The fourth-order valence-corrected chi connectivity index (χ4v) is 3.36. The summed E-state index contributed by atoms with van der Waals surface area (Å²) in [6, 6.07) is 8.04. The van der Waals surface area contributed by atoms with Crippen LogP contribution in [0.25, 0.3) is 0 Å². The van der Waals surface area contributed by atoms with Gasteiger partial charge in [-0.15, -0.1) is 12.4 Å². The Bertz CT molecular complexity index is 677. The summed E-state index contributed by atoms with van der Waals surface area (Å²) in [4.78, 5) is 12.3. The number of amides is 1. The van der Waals surface area contributed by atoms with Crippen molar-refractivity contribution >= 4 is 18.3 Å². The number of benzene rings is 1. The zero-order valence-electron chi connectivity index (χ0n) is 15.4. The molecule has 1 unspecified atom stereocenters. The van der Waals surface area contributed by atoms with Gasteiger partial charge in [0.15, 0.2) is 0 Å². The summed E-state index contributed by atoms with van der Waals surface area (Å²) in [7, 11) is 0. The van der Waals surface area contributed by atoms with Gasteiger partial charge in [-0.1, -0.05) is 19.1 Å². The van der Waals surface area contributed by atoms with Crippen molar-refractivity contribution < 1.29 is 4.79 Å². The standard InChI is InChI=1S/C20H28N4O.ClH/c1-2-10-24-15-18(14-23-24)13-22-20(25)19-7-5-16(6-8-19)11-17-4-3-9-21-12-17;/h5-8,14-15,17,21H,2-4,9-13H2,1H3,(H,22,25);1H. The number of rotatable bonds is 7.